The van der Waals surface area contributed by atoms with Crippen molar-refractivity contribution in [2.75, 3.05) is 26.2 Å². The van der Waals surface area contributed by atoms with Gasteiger partial charge in [-0.1, -0.05) is 35.9 Å². The number of rotatable bonds is 4. The molecule has 0 aromatic heterocycles. The Kier molecular flexibility index (Phi) is 5.94. The Labute approximate surface area is 162 Å². The average molecular weight is 409 g/mol. The third kappa shape index (κ3) is 4.55. The number of nitrogens with zero attached hydrogens (tertiary/aromatic N) is 2. The van der Waals surface area contributed by atoms with E-state index in [0.29, 0.717) is 5.02 Å². The Hall–Kier alpha value is -2.22. The quantitative estimate of drug-likeness (QED) is 0.731. The second kappa shape index (κ2) is 8.21. The summed E-state index contributed by atoms with van der Waals surface area (Å²) in [4.78, 5) is 13.5. The lowest BCUT2D eigenvalue weighted by Gasteiger charge is -2.33. The van der Waals surface area contributed by atoms with Gasteiger partial charge in [0.25, 0.3) is 0 Å². The van der Waals surface area contributed by atoms with Crippen LogP contribution in [-0.2, 0) is 14.8 Å². The van der Waals surface area contributed by atoms with Crippen molar-refractivity contribution < 1.29 is 17.6 Å². The van der Waals surface area contributed by atoms with Gasteiger partial charge in [0.2, 0.25) is 15.9 Å². The van der Waals surface area contributed by atoms with Crippen molar-refractivity contribution in [1.82, 2.24) is 9.21 Å². The first-order chi connectivity index (χ1) is 12.9. The van der Waals surface area contributed by atoms with Gasteiger partial charge in [-0.3, -0.25) is 4.79 Å². The largest absolute Gasteiger partial charge is 0.337 e. The van der Waals surface area contributed by atoms with Crippen molar-refractivity contribution in [2.24, 2.45) is 0 Å². The molecule has 1 aliphatic rings. The van der Waals surface area contributed by atoms with Gasteiger partial charge in [0.15, 0.2) is 0 Å². The molecule has 2 aromatic rings. The molecule has 0 aliphatic carbocycles. The maximum absolute atomic E-state index is 13.8. The fourth-order valence-corrected chi connectivity index (χ4v) is 4.51. The van der Waals surface area contributed by atoms with E-state index in [2.05, 4.69) is 0 Å². The van der Waals surface area contributed by atoms with Crippen LogP contribution in [0.15, 0.2) is 59.5 Å². The predicted octanol–water partition coefficient (Wildman–Crippen LogP) is 3.03. The van der Waals surface area contributed by atoms with Crippen molar-refractivity contribution in [3.63, 3.8) is 0 Å². The van der Waals surface area contributed by atoms with E-state index in [9.17, 15) is 17.6 Å². The Morgan fingerprint density at radius 1 is 1.04 bits per heavy atom. The molecule has 0 atom stereocenters. The van der Waals surface area contributed by atoms with Crippen molar-refractivity contribution in [2.45, 2.75) is 4.90 Å². The van der Waals surface area contributed by atoms with Crippen LogP contribution in [0.5, 0.6) is 0 Å². The third-order valence-corrected chi connectivity index (χ3v) is 6.44. The van der Waals surface area contributed by atoms with E-state index < -0.39 is 15.8 Å². The highest BCUT2D eigenvalue weighted by molar-refractivity contribution is 7.89. The highest BCUT2D eigenvalue weighted by Gasteiger charge is 2.31. The zero-order valence-corrected chi connectivity index (χ0v) is 16.0. The smallest absolute Gasteiger partial charge is 0.246 e. The molecule has 1 fully saturated rings. The maximum atomic E-state index is 13.8. The number of carbonyl (C=O) groups excluding carboxylic acids is 1. The molecule has 0 saturated carbocycles. The van der Waals surface area contributed by atoms with E-state index in [0.717, 1.165) is 11.6 Å². The second-order valence-corrected chi connectivity index (χ2v) is 8.39. The number of hydrogen-bond acceptors (Lipinski definition) is 3. The van der Waals surface area contributed by atoms with Crippen LogP contribution in [0.2, 0.25) is 5.02 Å². The lowest BCUT2D eigenvalue weighted by atomic mass is 10.2. The summed E-state index contributed by atoms with van der Waals surface area (Å²) < 4.78 is 40.2. The van der Waals surface area contributed by atoms with E-state index in [4.69, 9.17) is 11.6 Å². The number of sulfonamides is 1. The van der Waals surface area contributed by atoms with Gasteiger partial charge in [-0.05, 0) is 35.9 Å². The van der Waals surface area contributed by atoms with E-state index in [1.807, 2.05) is 6.07 Å². The van der Waals surface area contributed by atoms with Gasteiger partial charge in [0.05, 0.1) is 0 Å². The van der Waals surface area contributed by atoms with Gasteiger partial charge < -0.3 is 4.90 Å². The molecule has 1 heterocycles. The SMILES string of the molecule is O=C(C=Cc1cccc(Cl)c1)N1CCN(S(=O)(=O)c2ccccc2F)CC1. The molecule has 142 valence electrons. The predicted molar refractivity (Wildman–Crippen MR) is 102 cm³/mol. The molecule has 5 nitrogen and oxygen atoms in total. The van der Waals surface area contributed by atoms with Crippen LogP contribution in [0.1, 0.15) is 5.56 Å². The van der Waals surface area contributed by atoms with Crippen LogP contribution in [0.3, 0.4) is 0 Å². The molecule has 8 heteroatoms. The van der Waals surface area contributed by atoms with Gasteiger partial charge in [-0.15, -0.1) is 0 Å². The zero-order chi connectivity index (χ0) is 19.4. The Bertz CT molecular complexity index is 970. The minimum absolute atomic E-state index is 0.118. The molecule has 27 heavy (non-hydrogen) atoms. The average Bonchev–Trinajstić information content (AvgIpc) is 2.66. The van der Waals surface area contributed by atoms with Gasteiger partial charge in [0.1, 0.15) is 10.7 Å². The number of benzene rings is 2. The van der Waals surface area contributed by atoms with Crippen LogP contribution in [-0.4, -0.2) is 49.7 Å². The molecule has 1 saturated heterocycles. The van der Waals surface area contributed by atoms with Crippen molar-refractivity contribution in [3.8, 4) is 0 Å². The standard InChI is InChI=1S/C19H18ClFN2O3S/c20-16-5-3-4-15(14-16)8-9-19(24)22-10-12-23(13-11-22)27(25,26)18-7-2-1-6-17(18)21/h1-9,14H,10-13H2. The van der Waals surface area contributed by atoms with Gasteiger partial charge in [0, 0.05) is 37.3 Å². The minimum Gasteiger partial charge on any atom is -0.337 e. The van der Waals surface area contributed by atoms with Crippen molar-refractivity contribution in [1.29, 1.82) is 0 Å². The molecular weight excluding hydrogens is 391 g/mol. The number of piperazine rings is 1. The van der Waals surface area contributed by atoms with E-state index in [1.165, 1.54) is 28.6 Å². The molecule has 0 bridgehead atoms. The summed E-state index contributed by atoms with van der Waals surface area (Å²) in [6.45, 7) is 0.722. The van der Waals surface area contributed by atoms with Crippen LogP contribution >= 0.6 is 11.6 Å². The lowest BCUT2D eigenvalue weighted by Crippen LogP contribution is -2.50. The van der Waals surface area contributed by atoms with Gasteiger partial charge >= 0.3 is 0 Å². The molecule has 1 amide bonds. The number of amides is 1. The second-order valence-electron chi connectivity index (χ2n) is 6.05. The third-order valence-electron chi connectivity index (χ3n) is 4.27. The molecule has 0 radical (unpaired) electrons. The van der Waals surface area contributed by atoms with Crippen molar-refractivity contribution >= 4 is 33.6 Å². The summed E-state index contributed by atoms with van der Waals surface area (Å²) in [5, 5.41) is 0.580. The van der Waals surface area contributed by atoms with Crippen LogP contribution < -0.4 is 0 Å². The molecule has 0 N–H and O–H groups in total. The molecule has 0 spiro atoms. The molecule has 2 aromatic carbocycles. The summed E-state index contributed by atoms with van der Waals surface area (Å²) in [5.41, 5.74) is 0.802. The lowest BCUT2D eigenvalue weighted by molar-refractivity contribution is -0.127. The minimum atomic E-state index is -3.91. The molecule has 3 rings (SSSR count). The van der Waals surface area contributed by atoms with Gasteiger partial charge in [-0.25, -0.2) is 12.8 Å². The summed E-state index contributed by atoms with van der Waals surface area (Å²) in [7, 11) is -3.91. The van der Waals surface area contributed by atoms with E-state index in [-0.39, 0.29) is 37.0 Å². The zero-order valence-electron chi connectivity index (χ0n) is 14.4. The monoisotopic (exact) mass is 408 g/mol. The highest BCUT2D eigenvalue weighted by atomic mass is 35.5. The van der Waals surface area contributed by atoms with E-state index >= 15 is 0 Å². The maximum Gasteiger partial charge on any atom is 0.246 e. The topological polar surface area (TPSA) is 57.7 Å². The normalized spacial score (nSPS) is 16.0. The summed E-state index contributed by atoms with van der Waals surface area (Å²) in [6, 6.07) is 12.4. The van der Waals surface area contributed by atoms with Crippen LogP contribution in [0.4, 0.5) is 4.39 Å². The van der Waals surface area contributed by atoms with Crippen LogP contribution in [0.25, 0.3) is 6.08 Å². The summed E-state index contributed by atoms with van der Waals surface area (Å²) >= 11 is 5.91. The first-order valence-electron chi connectivity index (χ1n) is 8.35. The fourth-order valence-electron chi connectivity index (χ4n) is 2.83. The van der Waals surface area contributed by atoms with Gasteiger partial charge in [-0.2, -0.15) is 4.31 Å². The fraction of sp³-hybridized carbons (Fsp3) is 0.211. The summed E-state index contributed by atoms with van der Waals surface area (Å²) in [5.74, 6) is -0.988. The summed E-state index contributed by atoms with van der Waals surface area (Å²) in [6.07, 6.45) is 3.10. The number of carbonyl (C=O) groups is 1. The Morgan fingerprint density at radius 3 is 2.41 bits per heavy atom. The molecular formula is C19H18ClFN2O3S. The first-order valence-corrected chi connectivity index (χ1v) is 10.2. The van der Waals surface area contributed by atoms with Crippen LogP contribution in [0, 0.1) is 5.82 Å². The molecule has 0 unspecified atom stereocenters. The molecule has 1 aliphatic heterocycles. The highest BCUT2D eigenvalue weighted by Crippen LogP contribution is 2.20. The number of hydrogen-bond donors (Lipinski definition) is 0. The Balaban J connectivity index is 1.63. The van der Waals surface area contributed by atoms with E-state index in [1.54, 1.807) is 29.2 Å². The van der Waals surface area contributed by atoms with Crippen molar-refractivity contribution in [3.05, 3.63) is 71.0 Å². The Morgan fingerprint density at radius 2 is 1.74 bits per heavy atom. The first kappa shape index (κ1) is 19.5. The number of halogens is 2.